The number of carbonyl (C=O) groups excluding carboxylic acids is 2. The quantitative estimate of drug-likeness (QED) is 0.686. The zero-order valence-corrected chi connectivity index (χ0v) is 19.8. The third kappa shape index (κ3) is 4.52. The van der Waals surface area contributed by atoms with Crippen LogP contribution in [0.25, 0.3) is 0 Å². The van der Waals surface area contributed by atoms with E-state index < -0.39 is 28.8 Å². The van der Waals surface area contributed by atoms with Gasteiger partial charge in [-0.25, -0.2) is 14.8 Å². The summed E-state index contributed by atoms with van der Waals surface area (Å²) in [6.45, 7) is 7.74. The fourth-order valence-corrected chi connectivity index (χ4v) is 4.52. The Morgan fingerprint density at radius 1 is 1.24 bits per heavy atom. The number of fused-ring (bicyclic) bond motifs is 2. The molecule has 2 N–H and O–H groups in total. The van der Waals surface area contributed by atoms with Gasteiger partial charge in [-0.1, -0.05) is 11.6 Å². The highest BCUT2D eigenvalue weighted by atomic mass is 35.5. The van der Waals surface area contributed by atoms with Crippen LogP contribution >= 0.6 is 11.6 Å². The van der Waals surface area contributed by atoms with Crippen molar-refractivity contribution >= 4 is 35.1 Å². The first-order chi connectivity index (χ1) is 15.5. The van der Waals surface area contributed by atoms with Gasteiger partial charge in [0, 0.05) is 18.3 Å². The molecule has 4 rings (SSSR count). The van der Waals surface area contributed by atoms with Gasteiger partial charge >= 0.3 is 6.09 Å². The lowest BCUT2D eigenvalue weighted by molar-refractivity contribution is 0.0170. The molecule has 0 aliphatic carbocycles. The Morgan fingerprint density at radius 2 is 2.00 bits per heavy atom. The van der Waals surface area contributed by atoms with Crippen LogP contribution in [0.4, 0.5) is 16.3 Å². The van der Waals surface area contributed by atoms with Crippen molar-refractivity contribution in [2.45, 2.75) is 58.2 Å². The average Bonchev–Trinajstić information content (AvgIpc) is 2.84. The molecule has 1 unspecified atom stereocenters. The van der Waals surface area contributed by atoms with Gasteiger partial charge in [0.05, 0.1) is 11.6 Å². The van der Waals surface area contributed by atoms with Gasteiger partial charge in [-0.3, -0.25) is 14.2 Å². The van der Waals surface area contributed by atoms with E-state index in [-0.39, 0.29) is 22.9 Å². The van der Waals surface area contributed by atoms with Crippen LogP contribution in [0.1, 0.15) is 56.2 Å². The van der Waals surface area contributed by atoms with Crippen molar-refractivity contribution in [3.8, 4) is 0 Å². The second kappa shape index (κ2) is 8.33. The van der Waals surface area contributed by atoms with Crippen molar-refractivity contribution in [2.24, 2.45) is 0 Å². The Bertz CT molecular complexity index is 1170. The summed E-state index contributed by atoms with van der Waals surface area (Å²) in [4.78, 5) is 49.1. The van der Waals surface area contributed by atoms with Crippen LogP contribution in [0.3, 0.4) is 0 Å². The monoisotopic (exact) mass is 474 g/mol. The van der Waals surface area contributed by atoms with Crippen molar-refractivity contribution in [1.82, 2.24) is 24.8 Å². The summed E-state index contributed by atoms with van der Waals surface area (Å²) in [7, 11) is 0. The highest BCUT2D eigenvalue weighted by Gasteiger charge is 2.48. The molecule has 1 spiro atoms. The van der Waals surface area contributed by atoms with E-state index in [0.29, 0.717) is 31.6 Å². The maximum absolute atomic E-state index is 13.6. The molecule has 1 atom stereocenters. The van der Waals surface area contributed by atoms with Crippen LogP contribution in [0.15, 0.2) is 23.3 Å². The van der Waals surface area contributed by atoms with Crippen LogP contribution in [0, 0.1) is 6.92 Å². The van der Waals surface area contributed by atoms with Crippen molar-refractivity contribution in [3.05, 3.63) is 45.2 Å². The predicted molar refractivity (Wildman–Crippen MR) is 123 cm³/mol. The van der Waals surface area contributed by atoms with Crippen LogP contribution < -0.4 is 16.2 Å². The normalized spacial score (nSPS) is 20.3. The van der Waals surface area contributed by atoms with Gasteiger partial charge in [0.2, 0.25) is 0 Å². The van der Waals surface area contributed by atoms with E-state index in [1.807, 2.05) is 6.92 Å². The summed E-state index contributed by atoms with van der Waals surface area (Å²) < 4.78 is 6.94. The molecule has 11 heteroatoms. The zero-order chi connectivity index (χ0) is 24.0. The van der Waals surface area contributed by atoms with Crippen molar-refractivity contribution in [3.63, 3.8) is 0 Å². The minimum Gasteiger partial charge on any atom is -0.444 e. The molecule has 0 aromatic carbocycles. The van der Waals surface area contributed by atoms with Gasteiger partial charge in [0.1, 0.15) is 34.8 Å². The Kier molecular flexibility index (Phi) is 5.81. The number of halogens is 1. The number of aromatic nitrogens is 3. The number of ether oxygens (including phenoxy) is 1. The summed E-state index contributed by atoms with van der Waals surface area (Å²) in [5.74, 6) is -0.0219. The van der Waals surface area contributed by atoms with Gasteiger partial charge in [-0.2, -0.15) is 0 Å². The number of amides is 2. The van der Waals surface area contributed by atoms with Crippen LogP contribution in [-0.2, 0) is 10.4 Å². The highest BCUT2D eigenvalue weighted by molar-refractivity contribution is 6.34. The molecular weight excluding hydrogens is 448 g/mol. The number of nitrogens with zero attached hydrogens (tertiary/aromatic N) is 4. The number of likely N-dealkylation sites (tertiary alicyclic amines) is 1. The lowest BCUT2D eigenvalue weighted by atomic mass is 10.0. The zero-order valence-electron chi connectivity index (χ0n) is 19.1. The Morgan fingerprint density at radius 3 is 2.70 bits per heavy atom. The third-order valence-corrected chi connectivity index (χ3v) is 5.87. The first-order valence-electron chi connectivity index (χ1n) is 10.8. The van der Waals surface area contributed by atoms with E-state index in [0.717, 1.165) is 5.69 Å². The number of hydrogen-bond donors (Lipinski definition) is 2. The maximum Gasteiger partial charge on any atom is 0.410 e. The first-order valence-corrected chi connectivity index (χ1v) is 11.2. The molecule has 1 fully saturated rings. The summed E-state index contributed by atoms with van der Waals surface area (Å²) in [6, 6.07) is 3.12. The second-order valence-corrected chi connectivity index (χ2v) is 9.82. The van der Waals surface area contributed by atoms with E-state index in [1.54, 1.807) is 31.7 Å². The Hall–Kier alpha value is -3.14. The largest absolute Gasteiger partial charge is 0.444 e. The molecule has 176 valence electrons. The smallest absolute Gasteiger partial charge is 0.410 e. The minimum absolute atomic E-state index is 0.0807. The van der Waals surface area contributed by atoms with Crippen LogP contribution in [0.5, 0.6) is 0 Å². The second-order valence-electron chi connectivity index (χ2n) is 9.41. The number of rotatable bonds is 2. The molecule has 10 nitrogen and oxygen atoms in total. The number of nitrogens with one attached hydrogen (secondary N) is 2. The summed E-state index contributed by atoms with van der Waals surface area (Å²) in [5.41, 5.74) is -1.25. The van der Waals surface area contributed by atoms with Gasteiger partial charge in [0.25, 0.3) is 11.5 Å². The van der Waals surface area contributed by atoms with Gasteiger partial charge in [0.15, 0.2) is 0 Å². The summed E-state index contributed by atoms with van der Waals surface area (Å²) >= 11 is 6.47. The lowest BCUT2D eigenvalue weighted by Gasteiger charge is -2.35. The number of aryl methyl sites for hydroxylation is 1. The standard InChI is InChI=1S/C22H27ClN6O4/c1-13-9-16(25-12-24-13)26-15-10-14(23)17-18(30)27-22(29(17)19(15)31)7-5-6-8-28(11-22)20(32)33-21(2,3)4/h9-10,12H,5-8,11H2,1-4H3,(H,27,30)(H,24,25,26). The van der Waals surface area contributed by atoms with Crippen LogP contribution in [-0.4, -0.2) is 50.1 Å². The van der Waals surface area contributed by atoms with Gasteiger partial charge < -0.3 is 20.3 Å². The summed E-state index contributed by atoms with van der Waals surface area (Å²) in [6.07, 6.45) is 2.79. The van der Waals surface area contributed by atoms with Crippen molar-refractivity contribution in [1.29, 1.82) is 0 Å². The fraction of sp³-hybridized carbons (Fsp3) is 0.500. The maximum atomic E-state index is 13.6. The molecule has 4 heterocycles. The molecule has 2 aromatic rings. The fourth-order valence-electron chi connectivity index (χ4n) is 4.24. The van der Waals surface area contributed by atoms with E-state index in [2.05, 4.69) is 20.6 Å². The van der Waals surface area contributed by atoms with E-state index >= 15 is 0 Å². The number of carbonyl (C=O) groups is 2. The first kappa shape index (κ1) is 23.0. The molecule has 2 amide bonds. The third-order valence-electron chi connectivity index (χ3n) is 5.58. The van der Waals surface area contributed by atoms with Gasteiger partial charge in [-0.15, -0.1) is 0 Å². The molecule has 0 saturated carbocycles. The van der Waals surface area contributed by atoms with Gasteiger partial charge in [-0.05, 0) is 53.0 Å². The minimum atomic E-state index is -1.13. The average molecular weight is 475 g/mol. The lowest BCUT2D eigenvalue weighted by Crippen LogP contribution is -2.55. The van der Waals surface area contributed by atoms with Crippen molar-refractivity contribution < 1.29 is 14.3 Å². The molecule has 1 saturated heterocycles. The highest BCUT2D eigenvalue weighted by Crippen LogP contribution is 2.35. The van der Waals surface area contributed by atoms with E-state index in [9.17, 15) is 14.4 Å². The Balaban J connectivity index is 1.77. The molecular formula is C22H27ClN6O4. The number of anilines is 2. The topological polar surface area (TPSA) is 118 Å². The molecule has 0 bridgehead atoms. The summed E-state index contributed by atoms with van der Waals surface area (Å²) in [5, 5.41) is 6.06. The molecule has 2 aliphatic heterocycles. The van der Waals surface area contributed by atoms with E-state index in [4.69, 9.17) is 16.3 Å². The number of hydrogen-bond acceptors (Lipinski definition) is 7. The SMILES string of the molecule is Cc1cc(Nc2cc(Cl)c3n(c2=O)C2(CCCCN(C(=O)OC(C)(C)C)C2)NC3=O)ncn1. The molecule has 0 radical (unpaired) electrons. The molecule has 2 aliphatic rings. The van der Waals surface area contributed by atoms with Crippen molar-refractivity contribution in [2.75, 3.05) is 18.4 Å². The Labute approximate surface area is 196 Å². The molecule has 33 heavy (non-hydrogen) atoms. The predicted octanol–water partition coefficient (Wildman–Crippen LogP) is 3.16. The van der Waals surface area contributed by atoms with E-state index in [1.165, 1.54) is 17.0 Å². The molecule has 2 aromatic heterocycles. The number of pyridine rings is 1. The van der Waals surface area contributed by atoms with Crippen LogP contribution in [0.2, 0.25) is 5.02 Å².